The molecule has 0 unspecified atom stereocenters. The number of rotatable bonds is 15. The molecule has 2 atom stereocenters. The van der Waals surface area contributed by atoms with Crippen molar-refractivity contribution in [1.82, 2.24) is 0 Å². The SMILES string of the molecule is CCC[CH2][Sn]([CH2]CCC)([CH2]CCC)/[C](C)=C/[C@H](O)[C@@H](C)/C=C/C(=O)OCC. The second kappa shape index (κ2) is 15.6. The zero-order valence-corrected chi connectivity index (χ0v) is 21.6. The van der Waals surface area contributed by atoms with Crippen LogP contribution in [0.4, 0.5) is 0 Å². The second-order valence-corrected chi connectivity index (χ2v) is 21.7. The van der Waals surface area contributed by atoms with Crippen LogP contribution in [0.2, 0.25) is 13.3 Å². The summed E-state index contributed by atoms with van der Waals surface area (Å²) in [7, 11) is 0. The Morgan fingerprint density at radius 1 is 1.00 bits per heavy atom. The minimum atomic E-state index is -2.44. The molecule has 0 radical (unpaired) electrons. The summed E-state index contributed by atoms with van der Waals surface area (Å²) in [4.78, 5) is 11.5. The van der Waals surface area contributed by atoms with E-state index in [2.05, 4.69) is 33.8 Å². The molecular formula is C23H44O3Sn. The van der Waals surface area contributed by atoms with Crippen molar-refractivity contribution in [2.75, 3.05) is 6.61 Å². The molecule has 0 aliphatic carbocycles. The zero-order chi connectivity index (χ0) is 20.7. The van der Waals surface area contributed by atoms with Crippen LogP contribution in [-0.2, 0) is 9.53 Å². The van der Waals surface area contributed by atoms with E-state index in [-0.39, 0.29) is 11.9 Å². The summed E-state index contributed by atoms with van der Waals surface area (Å²) >= 11 is -2.44. The molecule has 4 heteroatoms. The molecule has 0 aromatic rings. The normalized spacial score (nSPS) is 15.1. The van der Waals surface area contributed by atoms with E-state index in [1.54, 1.807) is 13.0 Å². The first-order valence-electron chi connectivity index (χ1n) is 11.1. The molecule has 0 aromatic carbocycles. The maximum absolute atomic E-state index is 11.5. The summed E-state index contributed by atoms with van der Waals surface area (Å²) in [5, 5.41) is 10.7. The van der Waals surface area contributed by atoms with Crippen molar-refractivity contribution in [3.8, 4) is 0 Å². The first-order valence-corrected chi connectivity index (χ1v) is 18.6. The number of carbonyl (C=O) groups is 1. The van der Waals surface area contributed by atoms with Crippen molar-refractivity contribution in [2.45, 2.75) is 99.5 Å². The fourth-order valence-electron chi connectivity index (χ4n) is 3.63. The molecule has 0 aliphatic heterocycles. The molecule has 0 aromatic heterocycles. The predicted octanol–water partition coefficient (Wildman–Crippen LogP) is 6.44. The Balaban J connectivity index is 5.37. The number of carbonyl (C=O) groups excluding carboxylic acids is 1. The van der Waals surface area contributed by atoms with Gasteiger partial charge in [0.1, 0.15) is 0 Å². The van der Waals surface area contributed by atoms with E-state index < -0.39 is 24.5 Å². The van der Waals surface area contributed by atoms with Gasteiger partial charge in [0.15, 0.2) is 0 Å². The molecule has 0 saturated heterocycles. The van der Waals surface area contributed by atoms with Gasteiger partial charge in [-0.25, -0.2) is 0 Å². The molecule has 158 valence electrons. The van der Waals surface area contributed by atoms with Gasteiger partial charge >= 0.3 is 173 Å². The predicted molar refractivity (Wildman–Crippen MR) is 120 cm³/mol. The van der Waals surface area contributed by atoms with Gasteiger partial charge in [0.2, 0.25) is 0 Å². The molecule has 0 amide bonds. The molecule has 0 spiro atoms. The fraction of sp³-hybridized carbons (Fsp3) is 0.783. The van der Waals surface area contributed by atoms with Crippen molar-refractivity contribution in [3.63, 3.8) is 0 Å². The average molecular weight is 487 g/mol. The van der Waals surface area contributed by atoms with Gasteiger partial charge in [0.25, 0.3) is 0 Å². The number of ether oxygens (including phenoxy) is 1. The van der Waals surface area contributed by atoms with Gasteiger partial charge in [-0.3, -0.25) is 0 Å². The third kappa shape index (κ3) is 10.7. The van der Waals surface area contributed by atoms with Gasteiger partial charge in [-0.05, 0) is 0 Å². The Bertz CT molecular complexity index is 435. The Morgan fingerprint density at radius 2 is 1.48 bits per heavy atom. The van der Waals surface area contributed by atoms with Crippen LogP contribution < -0.4 is 0 Å². The summed E-state index contributed by atoms with van der Waals surface area (Å²) < 4.78 is 10.7. The van der Waals surface area contributed by atoms with Crippen LogP contribution in [0.15, 0.2) is 21.8 Å². The minimum absolute atomic E-state index is 0.0862. The van der Waals surface area contributed by atoms with Crippen LogP contribution in [0.3, 0.4) is 0 Å². The standard InChI is InChI=1S/C11H17O3.3C4H9.Sn/c1-4-6-10(12)9(3)7-8-11(13)14-5-2;3*1-3-4-2;/h6-10,12H,5H2,1-3H3;3*1,3-4H2,2H3;/b6-4?,8-7+;;;;/t9-,10-;;;;/m0..../s1. The molecule has 0 saturated carbocycles. The van der Waals surface area contributed by atoms with Crippen molar-refractivity contribution in [3.05, 3.63) is 21.8 Å². The fourth-order valence-corrected chi connectivity index (χ4v) is 19.5. The molecular weight excluding hydrogens is 443 g/mol. The summed E-state index contributed by atoms with van der Waals surface area (Å²) in [6.07, 6.45) is 12.6. The molecule has 0 aliphatic rings. The molecule has 27 heavy (non-hydrogen) atoms. The van der Waals surface area contributed by atoms with E-state index in [1.807, 2.05) is 6.92 Å². The van der Waals surface area contributed by atoms with Gasteiger partial charge in [0, 0.05) is 0 Å². The van der Waals surface area contributed by atoms with E-state index >= 15 is 0 Å². The number of unbranched alkanes of at least 4 members (excludes halogenated alkanes) is 3. The first-order chi connectivity index (χ1) is 12.9. The van der Waals surface area contributed by atoms with Crippen LogP contribution in [0.1, 0.15) is 80.1 Å². The molecule has 1 N–H and O–H groups in total. The Morgan fingerprint density at radius 3 is 1.89 bits per heavy atom. The van der Waals surface area contributed by atoms with Crippen LogP contribution in [-0.4, -0.2) is 42.2 Å². The third-order valence-electron chi connectivity index (χ3n) is 5.65. The van der Waals surface area contributed by atoms with E-state index in [0.29, 0.717) is 6.61 Å². The quantitative estimate of drug-likeness (QED) is 0.164. The Kier molecular flexibility index (Phi) is 15.4. The third-order valence-corrected chi connectivity index (χ3v) is 22.1. The van der Waals surface area contributed by atoms with E-state index in [9.17, 15) is 9.90 Å². The number of aliphatic hydroxyl groups excluding tert-OH is 1. The average Bonchev–Trinajstić information content (AvgIpc) is 2.65. The van der Waals surface area contributed by atoms with Gasteiger partial charge in [-0.1, -0.05) is 0 Å². The molecule has 0 bridgehead atoms. The van der Waals surface area contributed by atoms with Gasteiger partial charge < -0.3 is 0 Å². The number of hydrogen-bond donors (Lipinski definition) is 1. The summed E-state index contributed by atoms with van der Waals surface area (Å²) in [6, 6.07) is 0. The maximum atomic E-state index is 11.5. The zero-order valence-electron chi connectivity index (χ0n) is 18.7. The summed E-state index contributed by atoms with van der Waals surface area (Å²) in [5.74, 6) is -0.420. The van der Waals surface area contributed by atoms with Crippen molar-refractivity contribution in [1.29, 1.82) is 0 Å². The van der Waals surface area contributed by atoms with Gasteiger partial charge in [-0.2, -0.15) is 0 Å². The van der Waals surface area contributed by atoms with E-state index in [1.165, 1.54) is 61.5 Å². The molecule has 0 fully saturated rings. The van der Waals surface area contributed by atoms with Gasteiger partial charge in [0.05, 0.1) is 0 Å². The van der Waals surface area contributed by atoms with Crippen LogP contribution >= 0.6 is 0 Å². The number of hydrogen-bond acceptors (Lipinski definition) is 3. The molecule has 0 heterocycles. The van der Waals surface area contributed by atoms with Crippen molar-refractivity contribution >= 4 is 24.3 Å². The summed E-state index contributed by atoms with van der Waals surface area (Å²) in [5.41, 5.74) is 0. The second-order valence-electron chi connectivity index (χ2n) is 7.90. The monoisotopic (exact) mass is 488 g/mol. The molecule has 0 rings (SSSR count). The number of esters is 1. The molecule has 3 nitrogen and oxygen atoms in total. The number of allylic oxidation sites excluding steroid dienone is 1. The van der Waals surface area contributed by atoms with Crippen LogP contribution in [0.25, 0.3) is 0 Å². The number of aliphatic hydroxyl groups is 1. The van der Waals surface area contributed by atoms with Crippen molar-refractivity contribution in [2.24, 2.45) is 5.92 Å². The van der Waals surface area contributed by atoms with Crippen LogP contribution in [0.5, 0.6) is 0 Å². The Labute approximate surface area is 172 Å². The van der Waals surface area contributed by atoms with E-state index in [0.717, 1.165) is 0 Å². The topological polar surface area (TPSA) is 46.5 Å². The van der Waals surface area contributed by atoms with Crippen molar-refractivity contribution < 1.29 is 14.6 Å². The van der Waals surface area contributed by atoms with Crippen LogP contribution in [0, 0.1) is 5.92 Å². The first kappa shape index (κ1) is 26.7. The Hall–Kier alpha value is -0.291. The van der Waals surface area contributed by atoms with Gasteiger partial charge in [-0.15, -0.1) is 0 Å². The van der Waals surface area contributed by atoms with E-state index in [4.69, 9.17) is 4.74 Å². The summed E-state index contributed by atoms with van der Waals surface area (Å²) in [6.45, 7) is 13.3.